The van der Waals surface area contributed by atoms with Gasteiger partial charge in [-0.05, 0) is 0 Å². The maximum Gasteiger partial charge on any atom is 0.223 e. The second kappa shape index (κ2) is 2.31. The third kappa shape index (κ3) is 0.858. The number of nitrogens with zero attached hydrogens (tertiary/aromatic N) is 3. The molecule has 0 aromatic carbocycles. The lowest BCUT2D eigenvalue weighted by molar-refractivity contribution is -0.215. The van der Waals surface area contributed by atoms with Gasteiger partial charge in [-0.2, -0.15) is 10.1 Å². The Balaban J connectivity index is 1.89. The van der Waals surface area contributed by atoms with Crippen LogP contribution in [0.3, 0.4) is 0 Å². The van der Waals surface area contributed by atoms with Gasteiger partial charge in [-0.25, -0.2) is 4.68 Å². The molecule has 0 spiro atoms. The molecule has 2 N–H and O–H groups in total. The summed E-state index contributed by atoms with van der Waals surface area (Å²) >= 11 is 0. The molecule has 1 aromatic heterocycles. The second-order valence-corrected chi connectivity index (χ2v) is 4.19. The van der Waals surface area contributed by atoms with E-state index in [-0.39, 0.29) is 12.1 Å². The van der Waals surface area contributed by atoms with Crippen molar-refractivity contribution in [2.24, 2.45) is 0 Å². The monoisotopic (exact) mass is 210 g/mol. The number of nitrogens with one attached hydrogen (secondary N) is 1. The largest absolute Gasteiger partial charge is 0.366 e. The van der Waals surface area contributed by atoms with Crippen LogP contribution < -0.4 is 5.32 Å². The zero-order valence-electron chi connectivity index (χ0n) is 7.83. The molecule has 7 heteroatoms. The number of aromatic nitrogens is 3. The van der Waals surface area contributed by atoms with Crippen LogP contribution in [0.2, 0.25) is 0 Å². The number of hydrogen-bond acceptors (Lipinski definition) is 6. The van der Waals surface area contributed by atoms with E-state index in [1.165, 1.54) is 6.33 Å². The van der Waals surface area contributed by atoms with Gasteiger partial charge in [0.2, 0.25) is 12.2 Å². The lowest BCUT2D eigenvalue weighted by Crippen LogP contribution is -2.58. The smallest absolute Gasteiger partial charge is 0.223 e. The van der Waals surface area contributed by atoms with Gasteiger partial charge in [-0.15, -0.1) is 0 Å². The van der Waals surface area contributed by atoms with Gasteiger partial charge >= 0.3 is 0 Å². The van der Waals surface area contributed by atoms with Gasteiger partial charge < -0.3 is 19.9 Å². The summed E-state index contributed by atoms with van der Waals surface area (Å²) in [6, 6.07) is 0.00694. The molecule has 0 saturated carbocycles. The molecule has 4 rings (SSSR count). The Morgan fingerprint density at radius 1 is 1.67 bits per heavy atom. The van der Waals surface area contributed by atoms with Crippen molar-refractivity contribution in [3.05, 3.63) is 6.33 Å². The molecule has 0 amide bonds. The summed E-state index contributed by atoms with van der Waals surface area (Å²) in [7, 11) is 0. The minimum absolute atomic E-state index is 0.00694. The topological polar surface area (TPSA) is 81.4 Å². The van der Waals surface area contributed by atoms with Crippen LogP contribution in [0.1, 0.15) is 12.5 Å². The highest BCUT2D eigenvalue weighted by molar-refractivity contribution is 5.33. The molecule has 3 aliphatic rings. The van der Waals surface area contributed by atoms with Crippen molar-refractivity contribution in [1.29, 1.82) is 0 Å². The Morgan fingerprint density at radius 3 is 3.53 bits per heavy atom. The lowest BCUT2D eigenvalue weighted by Gasteiger charge is -2.44. The Morgan fingerprint density at radius 2 is 2.60 bits per heavy atom. The predicted octanol–water partition coefficient (Wildman–Crippen LogP) is -0.922. The highest BCUT2D eigenvalue weighted by Gasteiger charge is 2.57. The van der Waals surface area contributed by atoms with E-state index in [1.54, 1.807) is 4.68 Å². The molecule has 80 valence electrons. The highest BCUT2D eigenvalue weighted by atomic mass is 16.7. The average molecular weight is 210 g/mol. The standard InChI is InChI=1S/C8H10N4O3/c13-8-1-4(5-2-14-6(8)15-5)12-7(11-8)9-3-10-12/h3-6,13H,1-2H2,(H,9,10,11)/t4?,5-,6?,8+/m1/s1. The summed E-state index contributed by atoms with van der Waals surface area (Å²) in [5, 5.41) is 17.3. The van der Waals surface area contributed by atoms with Crippen molar-refractivity contribution in [3.63, 3.8) is 0 Å². The van der Waals surface area contributed by atoms with E-state index >= 15 is 0 Å². The van der Waals surface area contributed by atoms with Gasteiger partial charge in [0, 0.05) is 6.42 Å². The number of anilines is 1. The van der Waals surface area contributed by atoms with E-state index in [4.69, 9.17) is 9.47 Å². The van der Waals surface area contributed by atoms with E-state index in [1.807, 2.05) is 0 Å². The Labute approximate surface area is 85.0 Å². The molecule has 4 bridgehead atoms. The molecule has 4 atom stereocenters. The van der Waals surface area contributed by atoms with Crippen molar-refractivity contribution in [2.45, 2.75) is 30.6 Å². The van der Waals surface area contributed by atoms with Gasteiger partial charge in [0.25, 0.3) is 0 Å². The summed E-state index contributed by atoms with van der Waals surface area (Å²) in [6.07, 6.45) is 1.39. The average Bonchev–Trinajstić information content (AvgIpc) is 2.80. The first-order valence-corrected chi connectivity index (χ1v) is 4.93. The minimum Gasteiger partial charge on any atom is -0.366 e. The van der Waals surface area contributed by atoms with Crippen LogP contribution in [0.15, 0.2) is 6.33 Å². The molecule has 7 nitrogen and oxygen atoms in total. The summed E-state index contributed by atoms with van der Waals surface area (Å²) in [5.74, 6) is 0.581. The molecule has 4 heterocycles. The van der Waals surface area contributed by atoms with E-state index < -0.39 is 12.0 Å². The van der Waals surface area contributed by atoms with Gasteiger partial charge in [0.15, 0.2) is 5.72 Å². The third-order valence-electron chi connectivity index (χ3n) is 3.27. The summed E-state index contributed by atoms with van der Waals surface area (Å²) in [5.41, 5.74) is -1.17. The van der Waals surface area contributed by atoms with Gasteiger partial charge in [-0.1, -0.05) is 0 Å². The normalized spacial score (nSPS) is 46.1. The van der Waals surface area contributed by atoms with Crippen molar-refractivity contribution < 1.29 is 14.6 Å². The molecule has 1 aromatic rings. The predicted molar refractivity (Wildman–Crippen MR) is 46.9 cm³/mol. The van der Waals surface area contributed by atoms with Crippen molar-refractivity contribution in [3.8, 4) is 0 Å². The number of rotatable bonds is 0. The summed E-state index contributed by atoms with van der Waals surface area (Å²) in [6.45, 7) is 0.499. The van der Waals surface area contributed by atoms with Crippen molar-refractivity contribution >= 4 is 5.95 Å². The van der Waals surface area contributed by atoms with Crippen molar-refractivity contribution in [2.75, 3.05) is 11.9 Å². The Hall–Kier alpha value is -1.18. The molecular weight excluding hydrogens is 200 g/mol. The SMILES string of the molecule is O[C@@]12CC([C@H]3COC1O3)n1ncnc1N2. The quantitative estimate of drug-likeness (QED) is 0.576. The van der Waals surface area contributed by atoms with E-state index in [9.17, 15) is 5.11 Å². The molecule has 2 unspecified atom stereocenters. The Kier molecular flexibility index (Phi) is 1.24. The summed E-state index contributed by atoms with van der Waals surface area (Å²) < 4.78 is 12.7. The fourth-order valence-electron chi connectivity index (χ4n) is 2.55. The first-order chi connectivity index (χ1) is 7.26. The summed E-state index contributed by atoms with van der Waals surface area (Å²) in [4.78, 5) is 4.05. The van der Waals surface area contributed by atoms with Crippen LogP contribution in [0, 0.1) is 0 Å². The van der Waals surface area contributed by atoms with Gasteiger partial charge in [0.05, 0.1) is 12.6 Å². The fourth-order valence-corrected chi connectivity index (χ4v) is 2.55. The third-order valence-corrected chi connectivity index (χ3v) is 3.27. The molecule has 0 radical (unpaired) electrons. The zero-order chi connectivity index (χ0) is 10.0. The van der Waals surface area contributed by atoms with Gasteiger partial charge in [0.1, 0.15) is 12.4 Å². The van der Waals surface area contributed by atoms with Crippen molar-refractivity contribution in [1.82, 2.24) is 14.8 Å². The number of fused-ring (bicyclic) bond motifs is 8. The lowest BCUT2D eigenvalue weighted by atomic mass is 9.95. The number of hydrogen-bond donors (Lipinski definition) is 2. The fraction of sp³-hybridized carbons (Fsp3) is 0.750. The molecule has 2 fully saturated rings. The van der Waals surface area contributed by atoms with E-state index in [0.29, 0.717) is 19.0 Å². The van der Waals surface area contributed by atoms with Crippen LogP contribution in [0.5, 0.6) is 0 Å². The number of ether oxygens (including phenoxy) is 2. The molecule has 0 aliphatic carbocycles. The zero-order valence-corrected chi connectivity index (χ0v) is 7.83. The van der Waals surface area contributed by atoms with E-state index in [2.05, 4.69) is 15.4 Å². The first-order valence-electron chi connectivity index (χ1n) is 4.93. The number of aliphatic hydroxyl groups is 1. The van der Waals surface area contributed by atoms with Crippen LogP contribution in [-0.2, 0) is 9.47 Å². The minimum atomic E-state index is -1.17. The Bertz CT molecular complexity index is 422. The molecular formula is C8H10N4O3. The van der Waals surface area contributed by atoms with E-state index in [0.717, 1.165) is 0 Å². The van der Waals surface area contributed by atoms with Gasteiger partial charge in [-0.3, -0.25) is 0 Å². The van der Waals surface area contributed by atoms with Crippen LogP contribution >= 0.6 is 0 Å². The molecule has 2 saturated heterocycles. The first kappa shape index (κ1) is 8.03. The van der Waals surface area contributed by atoms with Crippen LogP contribution in [0.4, 0.5) is 5.95 Å². The molecule has 3 aliphatic heterocycles. The van der Waals surface area contributed by atoms with Crippen LogP contribution in [-0.4, -0.2) is 44.6 Å². The van der Waals surface area contributed by atoms with Crippen LogP contribution in [0.25, 0.3) is 0 Å². The maximum atomic E-state index is 10.3. The maximum absolute atomic E-state index is 10.3. The highest BCUT2D eigenvalue weighted by Crippen LogP contribution is 2.44. The molecule has 15 heavy (non-hydrogen) atoms. The second-order valence-electron chi connectivity index (χ2n) is 4.19.